The second kappa shape index (κ2) is 7.56. The lowest BCUT2D eigenvalue weighted by Gasteiger charge is -2.15. The van der Waals surface area contributed by atoms with Gasteiger partial charge in [0.2, 0.25) is 5.91 Å². The van der Waals surface area contributed by atoms with E-state index < -0.39 is 22.7 Å². The molecule has 1 amide bonds. The molecule has 0 heterocycles. The minimum Gasteiger partial charge on any atom is -0.478 e. The van der Waals surface area contributed by atoms with Crippen LogP contribution in [0, 0.1) is 5.92 Å². The third-order valence-electron chi connectivity index (χ3n) is 3.11. The Morgan fingerprint density at radius 2 is 1.95 bits per heavy atom. The molecule has 0 bridgehead atoms. The standard InChI is InChI=1S/C14H18ClNO4S/c1-8(2)9(3)21(20)7-13(17)16-12-6-10(14(18)19)4-5-11(12)15/h4-6,8-9H,7H2,1-3H3,(H,16,17)(H,18,19). The first-order chi connectivity index (χ1) is 9.72. The van der Waals surface area contributed by atoms with Crippen LogP contribution in [0.3, 0.4) is 0 Å². The topological polar surface area (TPSA) is 83.5 Å². The van der Waals surface area contributed by atoms with Gasteiger partial charge in [0.1, 0.15) is 5.75 Å². The first-order valence-electron chi connectivity index (χ1n) is 6.42. The zero-order valence-electron chi connectivity index (χ0n) is 12.1. The predicted molar refractivity (Wildman–Crippen MR) is 84.4 cm³/mol. The molecule has 0 radical (unpaired) electrons. The largest absolute Gasteiger partial charge is 0.478 e. The predicted octanol–water partition coefficient (Wildman–Crippen LogP) is 2.77. The van der Waals surface area contributed by atoms with Crippen LogP contribution >= 0.6 is 11.6 Å². The average Bonchev–Trinajstić information content (AvgIpc) is 2.39. The zero-order valence-corrected chi connectivity index (χ0v) is 13.6. The summed E-state index contributed by atoms with van der Waals surface area (Å²) in [6, 6.07) is 4.02. The number of hydrogen-bond donors (Lipinski definition) is 2. The molecule has 0 aliphatic rings. The average molecular weight is 332 g/mol. The molecule has 2 atom stereocenters. The number of rotatable bonds is 6. The van der Waals surface area contributed by atoms with E-state index in [-0.39, 0.29) is 33.2 Å². The number of nitrogens with one attached hydrogen (secondary N) is 1. The van der Waals surface area contributed by atoms with E-state index in [0.717, 1.165) is 0 Å². The number of halogens is 1. The number of carboxylic acid groups (broad SMARTS) is 1. The molecule has 0 aliphatic heterocycles. The fourth-order valence-corrected chi connectivity index (χ4v) is 2.87. The van der Waals surface area contributed by atoms with E-state index in [4.69, 9.17) is 16.7 Å². The monoisotopic (exact) mass is 331 g/mol. The van der Waals surface area contributed by atoms with Gasteiger partial charge in [0.15, 0.2) is 0 Å². The molecule has 1 aromatic carbocycles. The molecule has 0 aliphatic carbocycles. The van der Waals surface area contributed by atoms with Crippen LogP contribution in [0.1, 0.15) is 31.1 Å². The van der Waals surface area contributed by atoms with Gasteiger partial charge >= 0.3 is 5.97 Å². The Morgan fingerprint density at radius 1 is 1.33 bits per heavy atom. The summed E-state index contributed by atoms with van der Waals surface area (Å²) in [7, 11) is -1.29. The second-order valence-electron chi connectivity index (χ2n) is 5.02. The third-order valence-corrected chi connectivity index (χ3v) is 5.36. The summed E-state index contributed by atoms with van der Waals surface area (Å²) in [6.07, 6.45) is 0. The van der Waals surface area contributed by atoms with Crippen molar-refractivity contribution in [2.45, 2.75) is 26.0 Å². The second-order valence-corrected chi connectivity index (χ2v) is 7.22. The molecule has 0 fully saturated rings. The van der Waals surface area contributed by atoms with Crippen LogP contribution in [-0.4, -0.2) is 32.2 Å². The first-order valence-corrected chi connectivity index (χ1v) is 8.18. The summed E-state index contributed by atoms with van der Waals surface area (Å²) >= 11 is 5.91. The van der Waals surface area contributed by atoms with Crippen molar-refractivity contribution in [3.05, 3.63) is 28.8 Å². The molecule has 21 heavy (non-hydrogen) atoms. The Bertz CT molecular complexity index is 574. The number of carbonyl (C=O) groups is 2. The van der Waals surface area contributed by atoms with Crippen LogP contribution in [0.5, 0.6) is 0 Å². The summed E-state index contributed by atoms with van der Waals surface area (Å²) in [5.74, 6) is -1.51. The summed E-state index contributed by atoms with van der Waals surface area (Å²) < 4.78 is 12.0. The van der Waals surface area contributed by atoms with E-state index in [1.807, 2.05) is 20.8 Å². The fraction of sp³-hybridized carbons (Fsp3) is 0.429. The number of amides is 1. The lowest BCUT2D eigenvalue weighted by Crippen LogP contribution is -2.27. The lowest BCUT2D eigenvalue weighted by atomic mass is 10.2. The highest BCUT2D eigenvalue weighted by Gasteiger charge is 2.19. The van der Waals surface area contributed by atoms with Crippen molar-refractivity contribution < 1.29 is 18.9 Å². The summed E-state index contributed by atoms with van der Waals surface area (Å²) in [5.41, 5.74) is 0.224. The Balaban J connectivity index is 2.77. The minimum atomic E-state index is -1.29. The van der Waals surface area contributed by atoms with Crippen LogP contribution in [0.25, 0.3) is 0 Å². The molecular weight excluding hydrogens is 314 g/mol. The van der Waals surface area contributed by atoms with E-state index in [2.05, 4.69) is 5.32 Å². The van der Waals surface area contributed by atoms with Crippen molar-refractivity contribution >= 4 is 40.0 Å². The highest BCUT2D eigenvalue weighted by atomic mass is 35.5. The van der Waals surface area contributed by atoms with Gasteiger partial charge < -0.3 is 10.4 Å². The zero-order chi connectivity index (χ0) is 16.2. The van der Waals surface area contributed by atoms with E-state index in [0.29, 0.717) is 0 Å². The maximum absolute atomic E-state index is 12.0. The molecule has 0 saturated heterocycles. The van der Waals surface area contributed by atoms with Gasteiger partial charge in [-0.15, -0.1) is 0 Å². The molecule has 7 heteroatoms. The Hall–Kier alpha value is -1.40. The molecule has 2 unspecified atom stereocenters. The molecule has 2 N–H and O–H groups in total. The van der Waals surface area contributed by atoms with Crippen LogP contribution < -0.4 is 5.32 Å². The van der Waals surface area contributed by atoms with Gasteiger partial charge in [-0.05, 0) is 24.1 Å². The highest BCUT2D eigenvalue weighted by molar-refractivity contribution is 7.86. The Kier molecular flexibility index (Phi) is 6.36. The summed E-state index contributed by atoms with van der Waals surface area (Å²) in [5, 5.41) is 11.5. The molecule has 0 spiro atoms. The van der Waals surface area contributed by atoms with E-state index >= 15 is 0 Å². The SMILES string of the molecule is CC(C)C(C)S(=O)CC(=O)Nc1cc(C(=O)O)ccc1Cl. The molecule has 0 saturated carbocycles. The van der Waals surface area contributed by atoms with Gasteiger partial charge in [0.05, 0.1) is 16.3 Å². The van der Waals surface area contributed by atoms with Gasteiger partial charge in [0.25, 0.3) is 0 Å². The maximum atomic E-state index is 12.0. The minimum absolute atomic E-state index is 0.0198. The molecule has 116 valence electrons. The molecule has 0 aromatic heterocycles. The summed E-state index contributed by atoms with van der Waals surface area (Å²) in [6.45, 7) is 5.70. The van der Waals surface area contributed by atoms with E-state index in [1.165, 1.54) is 18.2 Å². The van der Waals surface area contributed by atoms with Crippen molar-refractivity contribution in [3.63, 3.8) is 0 Å². The number of aromatic carboxylic acids is 1. The smallest absolute Gasteiger partial charge is 0.335 e. The number of benzene rings is 1. The van der Waals surface area contributed by atoms with Crippen molar-refractivity contribution in [1.82, 2.24) is 0 Å². The van der Waals surface area contributed by atoms with Gasteiger partial charge in [-0.3, -0.25) is 9.00 Å². The number of anilines is 1. The third kappa shape index (κ3) is 5.13. The van der Waals surface area contributed by atoms with E-state index in [9.17, 15) is 13.8 Å². The molecule has 1 rings (SSSR count). The number of carbonyl (C=O) groups excluding carboxylic acids is 1. The number of carboxylic acids is 1. The lowest BCUT2D eigenvalue weighted by molar-refractivity contribution is -0.113. The van der Waals surface area contributed by atoms with Crippen molar-refractivity contribution in [2.24, 2.45) is 5.92 Å². The van der Waals surface area contributed by atoms with Crippen LogP contribution in [-0.2, 0) is 15.6 Å². The maximum Gasteiger partial charge on any atom is 0.335 e. The van der Waals surface area contributed by atoms with Gasteiger partial charge in [0, 0.05) is 16.0 Å². The van der Waals surface area contributed by atoms with Gasteiger partial charge in [-0.25, -0.2) is 4.79 Å². The fourth-order valence-electron chi connectivity index (χ4n) is 1.50. The van der Waals surface area contributed by atoms with Crippen LogP contribution in [0.2, 0.25) is 5.02 Å². The van der Waals surface area contributed by atoms with Gasteiger partial charge in [-0.1, -0.05) is 32.4 Å². The van der Waals surface area contributed by atoms with Gasteiger partial charge in [-0.2, -0.15) is 0 Å². The van der Waals surface area contributed by atoms with Crippen molar-refractivity contribution in [1.29, 1.82) is 0 Å². The quantitative estimate of drug-likeness (QED) is 0.839. The summed E-state index contributed by atoms with van der Waals surface area (Å²) in [4.78, 5) is 22.8. The highest BCUT2D eigenvalue weighted by Crippen LogP contribution is 2.23. The molecular formula is C14H18ClNO4S. The molecule has 5 nitrogen and oxygen atoms in total. The normalized spacial score (nSPS) is 13.8. The van der Waals surface area contributed by atoms with Crippen LogP contribution in [0.15, 0.2) is 18.2 Å². The van der Waals surface area contributed by atoms with Crippen molar-refractivity contribution in [2.75, 3.05) is 11.1 Å². The Morgan fingerprint density at radius 3 is 2.48 bits per heavy atom. The Labute approximate surface area is 131 Å². The molecule has 1 aromatic rings. The van der Waals surface area contributed by atoms with Crippen molar-refractivity contribution in [3.8, 4) is 0 Å². The van der Waals surface area contributed by atoms with E-state index in [1.54, 1.807) is 0 Å². The van der Waals surface area contributed by atoms with Crippen LogP contribution in [0.4, 0.5) is 5.69 Å². The number of hydrogen-bond acceptors (Lipinski definition) is 3. The first kappa shape index (κ1) is 17.7.